The van der Waals surface area contributed by atoms with E-state index in [2.05, 4.69) is 47.1 Å². The highest BCUT2D eigenvalue weighted by atomic mass is 32.1. The van der Waals surface area contributed by atoms with Crippen molar-refractivity contribution in [3.8, 4) is 0 Å². The highest BCUT2D eigenvalue weighted by Gasteiger charge is 2.36. The maximum Gasteiger partial charge on any atom is 0.224 e. The van der Waals surface area contributed by atoms with Gasteiger partial charge < -0.3 is 5.32 Å². The number of amides is 1. The molecular formula is C22H23NOS. The zero-order chi connectivity index (χ0) is 17.1. The molecule has 3 aromatic rings. The zero-order valence-electron chi connectivity index (χ0n) is 14.3. The van der Waals surface area contributed by atoms with Crippen molar-refractivity contribution in [2.45, 2.75) is 37.5 Å². The van der Waals surface area contributed by atoms with Gasteiger partial charge >= 0.3 is 0 Å². The first-order valence-corrected chi connectivity index (χ1v) is 9.92. The highest BCUT2D eigenvalue weighted by Crippen LogP contribution is 2.42. The summed E-state index contributed by atoms with van der Waals surface area (Å²) in [6.07, 6.45) is 5.33. The number of fused-ring (bicyclic) bond motifs is 1. The van der Waals surface area contributed by atoms with Crippen molar-refractivity contribution in [1.29, 1.82) is 0 Å². The van der Waals surface area contributed by atoms with Crippen LogP contribution in [-0.4, -0.2) is 12.5 Å². The molecule has 0 bridgehead atoms. The van der Waals surface area contributed by atoms with E-state index in [1.807, 2.05) is 29.5 Å². The quantitative estimate of drug-likeness (QED) is 0.684. The van der Waals surface area contributed by atoms with Crippen molar-refractivity contribution in [3.05, 3.63) is 70.4 Å². The van der Waals surface area contributed by atoms with Crippen molar-refractivity contribution in [1.82, 2.24) is 5.32 Å². The van der Waals surface area contributed by atoms with Crippen molar-refractivity contribution in [2.24, 2.45) is 0 Å². The minimum absolute atomic E-state index is 0.124. The van der Waals surface area contributed by atoms with Gasteiger partial charge in [-0.3, -0.25) is 4.79 Å². The van der Waals surface area contributed by atoms with Gasteiger partial charge in [0.1, 0.15) is 0 Å². The lowest BCUT2D eigenvalue weighted by Gasteiger charge is -2.28. The minimum Gasteiger partial charge on any atom is -0.355 e. The van der Waals surface area contributed by atoms with E-state index in [0.717, 1.165) is 12.1 Å². The lowest BCUT2D eigenvalue weighted by Crippen LogP contribution is -2.39. The summed E-state index contributed by atoms with van der Waals surface area (Å²) in [6, 6.07) is 18.8. The standard InChI is InChI=1S/C22H23NOS/c24-21(15-18-9-5-8-17-7-1-2-10-19(17)18)23-16-22(12-3-4-13-22)20-11-6-14-25-20/h1-2,5-11,14H,3-4,12-13,15-16H2,(H,23,24). The predicted octanol–water partition coefficient (Wildman–Crippen LogP) is 5.07. The maximum absolute atomic E-state index is 12.6. The van der Waals surface area contributed by atoms with Gasteiger partial charge in [-0.1, -0.05) is 61.4 Å². The van der Waals surface area contributed by atoms with Gasteiger partial charge in [0.2, 0.25) is 5.91 Å². The van der Waals surface area contributed by atoms with Gasteiger partial charge in [-0.2, -0.15) is 0 Å². The first-order chi connectivity index (χ1) is 12.3. The molecule has 1 N–H and O–H groups in total. The second-order valence-electron chi connectivity index (χ2n) is 7.06. The molecule has 1 aliphatic rings. The Labute approximate surface area is 152 Å². The number of benzene rings is 2. The number of hydrogen-bond donors (Lipinski definition) is 1. The SMILES string of the molecule is O=C(Cc1cccc2ccccc12)NCC1(c2cccs2)CCCC1. The molecule has 1 amide bonds. The smallest absolute Gasteiger partial charge is 0.224 e. The second kappa shape index (κ2) is 7.01. The lowest BCUT2D eigenvalue weighted by atomic mass is 9.84. The van der Waals surface area contributed by atoms with Crippen LogP contribution in [0, 0.1) is 0 Å². The fourth-order valence-electron chi connectivity index (χ4n) is 4.09. The van der Waals surface area contributed by atoms with E-state index < -0.39 is 0 Å². The molecule has 1 heterocycles. The number of hydrogen-bond acceptors (Lipinski definition) is 2. The van der Waals surface area contributed by atoms with Crippen LogP contribution in [0.3, 0.4) is 0 Å². The van der Waals surface area contributed by atoms with E-state index in [4.69, 9.17) is 0 Å². The Morgan fingerprint density at radius 2 is 1.80 bits per heavy atom. The summed E-state index contributed by atoms with van der Waals surface area (Å²) >= 11 is 1.83. The molecule has 4 rings (SSSR count). The molecular weight excluding hydrogens is 326 g/mol. The number of thiophene rings is 1. The molecule has 2 nitrogen and oxygen atoms in total. The molecule has 0 unspecified atom stereocenters. The summed E-state index contributed by atoms with van der Waals surface area (Å²) in [6.45, 7) is 0.761. The number of nitrogens with one attached hydrogen (secondary N) is 1. The summed E-state index contributed by atoms with van der Waals surface area (Å²) in [5.41, 5.74) is 1.26. The van der Waals surface area contributed by atoms with Crippen molar-refractivity contribution in [2.75, 3.05) is 6.54 Å². The summed E-state index contributed by atoms with van der Waals surface area (Å²) in [4.78, 5) is 14.0. The van der Waals surface area contributed by atoms with Gasteiger partial charge in [-0.25, -0.2) is 0 Å². The second-order valence-corrected chi connectivity index (χ2v) is 8.00. The Morgan fingerprint density at radius 1 is 1.00 bits per heavy atom. The molecule has 1 aromatic heterocycles. The number of carbonyl (C=O) groups is 1. The molecule has 0 radical (unpaired) electrons. The van der Waals surface area contributed by atoms with Crippen LogP contribution in [0.5, 0.6) is 0 Å². The Bertz CT molecular complexity index is 857. The van der Waals surface area contributed by atoms with E-state index in [0.29, 0.717) is 6.42 Å². The fraction of sp³-hybridized carbons (Fsp3) is 0.318. The fourth-order valence-corrected chi connectivity index (χ4v) is 5.08. The first kappa shape index (κ1) is 16.3. The molecule has 0 atom stereocenters. The van der Waals surface area contributed by atoms with Crippen molar-refractivity contribution in [3.63, 3.8) is 0 Å². The van der Waals surface area contributed by atoms with Crippen LogP contribution in [0.1, 0.15) is 36.1 Å². The van der Waals surface area contributed by atoms with E-state index in [9.17, 15) is 4.79 Å². The van der Waals surface area contributed by atoms with Gasteiger partial charge in [-0.05, 0) is 40.6 Å². The van der Waals surface area contributed by atoms with Crippen LogP contribution in [-0.2, 0) is 16.6 Å². The Hall–Kier alpha value is -2.13. The molecule has 25 heavy (non-hydrogen) atoms. The molecule has 1 fully saturated rings. The summed E-state index contributed by atoms with van der Waals surface area (Å²) in [5.74, 6) is 0.124. The average Bonchev–Trinajstić information content (AvgIpc) is 3.33. The summed E-state index contributed by atoms with van der Waals surface area (Å²) in [7, 11) is 0. The van der Waals surface area contributed by atoms with Crippen LogP contribution in [0.2, 0.25) is 0 Å². The maximum atomic E-state index is 12.6. The van der Waals surface area contributed by atoms with Gasteiger partial charge in [0.05, 0.1) is 6.42 Å². The molecule has 0 spiro atoms. The van der Waals surface area contributed by atoms with E-state index in [-0.39, 0.29) is 11.3 Å². The van der Waals surface area contributed by atoms with Crippen LogP contribution in [0.25, 0.3) is 10.8 Å². The number of carbonyl (C=O) groups excluding carboxylic acids is 1. The van der Waals surface area contributed by atoms with E-state index in [1.54, 1.807) is 0 Å². The Kier molecular flexibility index (Phi) is 4.58. The van der Waals surface area contributed by atoms with E-state index >= 15 is 0 Å². The zero-order valence-corrected chi connectivity index (χ0v) is 15.1. The Balaban J connectivity index is 1.47. The third-order valence-electron chi connectivity index (χ3n) is 5.46. The number of rotatable bonds is 5. The lowest BCUT2D eigenvalue weighted by molar-refractivity contribution is -0.120. The highest BCUT2D eigenvalue weighted by molar-refractivity contribution is 7.10. The Morgan fingerprint density at radius 3 is 2.60 bits per heavy atom. The van der Waals surface area contributed by atoms with Crippen molar-refractivity contribution >= 4 is 28.0 Å². The molecule has 3 heteroatoms. The van der Waals surface area contributed by atoms with Crippen LogP contribution in [0.15, 0.2) is 60.0 Å². The van der Waals surface area contributed by atoms with Crippen LogP contribution >= 0.6 is 11.3 Å². The van der Waals surface area contributed by atoms with Crippen LogP contribution in [0.4, 0.5) is 0 Å². The molecule has 0 aliphatic heterocycles. The normalized spacial score (nSPS) is 16.2. The van der Waals surface area contributed by atoms with Crippen molar-refractivity contribution < 1.29 is 4.79 Å². The molecule has 0 saturated heterocycles. The first-order valence-electron chi connectivity index (χ1n) is 9.04. The minimum atomic E-state index is 0.124. The molecule has 128 valence electrons. The van der Waals surface area contributed by atoms with Gasteiger partial charge in [0.25, 0.3) is 0 Å². The summed E-state index contributed by atoms with van der Waals surface area (Å²) in [5, 5.41) is 7.75. The monoisotopic (exact) mass is 349 g/mol. The van der Waals surface area contributed by atoms with Gasteiger partial charge in [0, 0.05) is 16.8 Å². The average molecular weight is 349 g/mol. The predicted molar refractivity (Wildman–Crippen MR) is 105 cm³/mol. The molecule has 2 aromatic carbocycles. The largest absolute Gasteiger partial charge is 0.355 e. The third kappa shape index (κ3) is 3.34. The molecule has 1 saturated carbocycles. The topological polar surface area (TPSA) is 29.1 Å². The third-order valence-corrected chi connectivity index (χ3v) is 6.58. The van der Waals surface area contributed by atoms with E-state index in [1.165, 1.54) is 41.3 Å². The summed E-state index contributed by atoms with van der Waals surface area (Å²) < 4.78 is 0. The van der Waals surface area contributed by atoms with Crippen LogP contribution < -0.4 is 5.32 Å². The van der Waals surface area contributed by atoms with Gasteiger partial charge in [0.15, 0.2) is 0 Å². The molecule has 1 aliphatic carbocycles. The van der Waals surface area contributed by atoms with Gasteiger partial charge in [-0.15, -0.1) is 11.3 Å².